The molecule has 0 amide bonds. The Labute approximate surface area is 309 Å². The van der Waals surface area contributed by atoms with Crippen molar-refractivity contribution in [1.82, 2.24) is 9.55 Å². The molecule has 0 aliphatic heterocycles. The van der Waals surface area contributed by atoms with Crippen LogP contribution in [0.1, 0.15) is 12.5 Å². The summed E-state index contributed by atoms with van der Waals surface area (Å²) in [5, 5.41) is 5.83. The van der Waals surface area contributed by atoms with Crippen molar-refractivity contribution in [2.24, 2.45) is 0 Å². The smallest absolute Gasteiger partial charge is 0.0801 e. The van der Waals surface area contributed by atoms with E-state index in [4.69, 9.17) is 11.4 Å². The lowest BCUT2D eigenvalue weighted by molar-refractivity contribution is 1.20. The molecule has 250 valence electrons. The number of terminal acetylenes is 1. The van der Waals surface area contributed by atoms with Crippen LogP contribution < -0.4 is 4.90 Å². The first-order valence-electron chi connectivity index (χ1n) is 17.8. The first kappa shape index (κ1) is 31.8. The van der Waals surface area contributed by atoms with Crippen LogP contribution >= 0.6 is 0 Å². The van der Waals surface area contributed by atoms with Gasteiger partial charge in [-0.05, 0) is 89.7 Å². The average Bonchev–Trinajstić information content (AvgIpc) is 3.57. The van der Waals surface area contributed by atoms with Crippen molar-refractivity contribution in [2.75, 3.05) is 4.90 Å². The SMILES string of the molecule is C#CC(=CC=C(C)n1c2ccccc2c2ccccc21)c1ccc(N(c2ccc(-c3ccccc3)cc2)c2cccc3ccc4cccnc4c23)cc1. The van der Waals surface area contributed by atoms with Gasteiger partial charge in [-0.15, -0.1) is 6.42 Å². The monoisotopic (exact) mass is 677 g/mol. The van der Waals surface area contributed by atoms with E-state index in [0.717, 1.165) is 55.6 Å². The lowest BCUT2D eigenvalue weighted by Gasteiger charge is -2.27. The van der Waals surface area contributed by atoms with Gasteiger partial charge in [0.25, 0.3) is 0 Å². The van der Waals surface area contributed by atoms with Gasteiger partial charge in [0.2, 0.25) is 0 Å². The molecule has 53 heavy (non-hydrogen) atoms. The molecule has 0 aliphatic carbocycles. The molecule has 0 atom stereocenters. The second-order valence-corrected chi connectivity index (χ2v) is 13.2. The number of allylic oxidation sites excluding steroid dienone is 4. The van der Waals surface area contributed by atoms with Gasteiger partial charge in [-0.2, -0.15) is 0 Å². The first-order valence-corrected chi connectivity index (χ1v) is 17.8. The zero-order chi connectivity index (χ0) is 35.7. The van der Waals surface area contributed by atoms with Gasteiger partial charge in [0.1, 0.15) is 0 Å². The molecular weight excluding hydrogens is 643 g/mol. The van der Waals surface area contributed by atoms with Gasteiger partial charge in [-0.1, -0.05) is 127 Å². The maximum Gasteiger partial charge on any atom is 0.0801 e. The molecule has 0 bridgehead atoms. The number of aromatic nitrogens is 2. The molecule has 2 heterocycles. The van der Waals surface area contributed by atoms with Gasteiger partial charge >= 0.3 is 0 Å². The summed E-state index contributed by atoms with van der Waals surface area (Å²) in [5.74, 6) is 2.96. The van der Waals surface area contributed by atoms with Crippen LogP contribution in [0.3, 0.4) is 0 Å². The molecule has 0 N–H and O–H groups in total. The van der Waals surface area contributed by atoms with Crippen molar-refractivity contribution < 1.29 is 0 Å². The molecule has 3 nitrogen and oxygen atoms in total. The third-order valence-electron chi connectivity index (χ3n) is 10.1. The molecule has 9 aromatic rings. The molecule has 0 saturated carbocycles. The van der Waals surface area contributed by atoms with Gasteiger partial charge in [-0.25, -0.2) is 0 Å². The van der Waals surface area contributed by atoms with E-state index in [2.05, 4.69) is 192 Å². The highest BCUT2D eigenvalue weighted by Gasteiger charge is 2.18. The largest absolute Gasteiger partial charge is 0.313 e. The first-order chi connectivity index (χ1) is 26.2. The summed E-state index contributed by atoms with van der Waals surface area (Å²) in [7, 11) is 0. The average molecular weight is 678 g/mol. The number of benzene rings is 7. The van der Waals surface area contributed by atoms with Crippen LogP contribution in [0.25, 0.3) is 65.9 Å². The van der Waals surface area contributed by atoms with Gasteiger partial charge < -0.3 is 9.47 Å². The van der Waals surface area contributed by atoms with E-state index in [-0.39, 0.29) is 0 Å². The summed E-state index contributed by atoms with van der Waals surface area (Å²) in [6, 6.07) is 59.8. The van der Waals surface area contributed by atoms with Gasteiger partial charge in [0.05, 0.1) is 22.2 Å². The summed E-state index contributed by atoms with van der Waals surface area (Å²) in [6.07, 6.45) is 12.2. The Hall–Kier alpha value is -7.15. The topological polar surface area (TPSA) is 21.1 Å². The van der Waals surface area contributed by atoms with E-state index in [1.807, 2.05) is 18.3 Å². The third-order valence-corrected chi connectivity index (χ3v) is 10.1. The standard InChI is InChI=1S/C50H35N3/c1-3-36(23-22-35(2)52-46-19-9-7-17-44(46)45-18-8-10-20-47(45)52)38-26-30-42(31-27-38)53(43-32-28-39(29-33-43)37-13-5-4-6-14-37)48-21-11-15-40-24-25-41-16-12-34-51-50(41)49(40)48/h1,4-34H,2H3. The molecular formula is C50H35N3. The summed E-state index contributed by atoms with van der Waals surface area (Å²) in [5.41, 5.74) is 11.7. The zero-order valence-corrected chi connectivity index (χ0v) is 29.3. The van der Waals surface area contributed by atoms with Crippen molar-refractivity contribution in [3.8, 4) is 23.5 Å². The molecule has 0 aliphatic rings. The van der Waals surface area contributed by atoms with Crippen LogP contribution in [0.4, 0.5) is 17.1 Å². The Morgan fingerprint density at radius 3 is 1.89 bits per heavy atom. The fraction of sp³-hybridized carbons (Fsp3) is 0.0200. The van der Waals surface area contributed by atoms with Crippen LogP contribution in [0.2, 0.25) is 0 Å². The Balaban J connectivity index is 1.13. The Bertz CT molecular complexity index is 2830. The molecule has 0 saturated heterocycles. The van der Waals surface area contributed by atoms with E-state index in [0.29, 0.717) is 0 Å². The van der Waals surface area contributed by atoms with Crippen LogP contribution in [0.5, 0.6) is 0 Å². The second-order valence-electron chi connectivity index (χ2n) is 13.2. The molecule has 0 spiro atoms. The molecule has 0 fully saturated rings. The maximum atomic E-state index is 6.18. The number of pyridine rings is 1. The van der Waals surface area contributed by atoms with E-state index in [1.165, 1.54) is 32.9 Å². The maximum absolute atomic E-state index is 6.18. The fourth-order valence-electron chi connectivity index (χ4n) is 7.54. The van der Waals surface area contributed by atoms with Crippen molar-refractivity contribution in [2.45, 2.75) is 6.92 Å². The minimum atomic E-state index is 0.816. The molecule has 3 heteroatoms. The van der Waals surface area contributed by atoms with Crippen LogP contribution in [-0.2, 0) is 0 Å². The minimum absolute atomic E-state index is 0.816. The third kappa shape index (κ3) is 5.73. The van der Waals surface area contributed by atoms with Gasteiger partial charge in [-0.3, -0.25) is 4.98 Å². The summed E-state index contributed by atoms with van der Waals surface area (Å²) >= 11 is 0. The highest BCUT2D eigenvalue weighted by Crippen LogP contribution is 2.42. The van der Waals surface area contributed by atoms with E-state index >= 15 is 0 Å². The van der Waals surface area contributed by atoms with Crippen LogP contribution in [0, 0.1) is 12.3 Å². The molecule has 0 unspecified atom stereocenters. The number of para-hydroxylation sites is 2. The van der Waals surface area contributed by atoms with Gasteiger partial charge in [0.15, 0.2) is 0 Å². The van der Waals surface area contributed by atoms with Crippen molar-refractivity contribution in [1.29, 1.82) is 0 Å². The van der Waals surface area contributed by atoms with Crippen molar-refractivity contribution in [3.05, 3.63) is 194 Å². The van der Waals surface area contributed by atoms with Gasteiger partial charge in [0, 0.05) is 50.4 Å². The lowest BCUT2D eigenvalue weighted by Crippen LogP contribution is -2.10. The lowest BCUT2D eigenvalue weighted by atomic mass is 10.0. The van der Waals surface area contributed by atoms with Crippen molar-refractivity contribution in [3.63, 3.8) is 0 Å². The number of rotatable bonds is 7. The molecule has 7 aromatic carbocycles. The number of hydrogen-bond acceptors (Lipinski definition) is 2. The predicted molar refractivity (Wildman–Crippen MR) is 226 cm³/mol. The number of fused-ring (bicyclic) bond motifs is 6. The highest BCUT2D eigenvalue weighted by molar-refractivity contribution is 6.13. The zero-order valence-electron chi connectivity index (χ0n) is 29.3. The Morgan fingerprint density at radius 2 is 1.19 bits per heavy atom. The van der Waals surface area contributed by atoms with Crippen LogP contribution in [0.15, 0.2) is 188 Å². The summed E-state index contributed by atoms with van der Waals surface area (Å²) in [6.45, 7) is 2.14. The predicted octanol–water partition coefficient (Wildman–Crippen LogP) is 13.2. The highest BCUT2D eigenvalue weighted by atomic mass is 15.1. The summed E-state index contributed by atoms with van der Waals surface area (Å²) in [4.78, 5) is 7.18. The van der Waals surface area contributed by atoms with Crippen molar-refractivity contribution >= 4 is 71.8 Å². The fourth-order valence-corrected chi connectivity index (χ4v) is 7.54. The van der Waals surface area contributed by atoms with E-state index < -0.39 is 0 Å². The minimum Gasteiger partial charge on any atom is -0.313 e. The Kier molecular flexibility index (Phi) is 8.12. The summed E-state index contributed by atoms with van der Waals surface area (Å²) < 4.78 is 2.31. The number of nitrogens with zero attached hydrogens (tertiary/aromatic N) is 3. The van der Waals surface area contributed by atoms with E-state index in [9.17, 15) is 0 Å². The normalized spacial score (nSPS) is 12.1. The second kappa shape index (κ2) is 13.5. The molecule has 2 aromatic heterocycles. The number of hydrogen-bond donors (Lipinski definition) is 0. The van der Waals surface area contributed by atoms with Crippen LogP contribution in [-0.4, -0.2) is 9.55 Å². The molecule has 0 radical (unpaired) electrons. The number of anilines is 3. The molecule has 9 rings (SSSR count). The Morgan fingerprint density at radius 1 is 0.585 bits per heavy atom. The quantitative estimate of drug-likeness (QED) is 0.0951. The van der Waals surface area contributed by atoms with E-state index in [1.54, 1.807) is 0 Å².